The van der Waals surface area contributed by atoms with Gasteiger partial charge in [0.25, 0.3) is 0 Å². The number of hydrogen-bond acceptors (Lipinski definition) is 7. The second kappa shape index (κ2) is 9.26. The molecule has 6 nitrogen and oxygen atoms in total. The van der Waals surface area contributed by atoms with Gasteiger partial charge in [0.15, 0.2) is 10.8 Å². The number of aryl methyl sites for hydroxylation is 2. The van der Waals surface area contributed by atoms with Crippen LogP contribution >= 0.6 is 23.1 Å². The van der Waals surface area contributed by atoms with E-state index in [4.69, 9.17) is 0 Å². The normalized spacial score (nSPS) is 12.7. The van der Waals surface area contributed by atoms with Gasteiger partial charge in [0.1, 0.15) is 16.1 Å². The second-order valence-corrected chi connectivity index (χ2v) is 9.79. The molecule has 1 aliphatic rings. The van der Waals surface area contributed by atoms with Crippen LogP contribution < -0.4 is 10.2 Å². The molecule has 5 rings (SSSR count). The molecular weight excluding hydrogens is 438 g/mol. The monoisotopic (exact) mass is 461 g/mol. The van der Waals surface area contributed by atoms with E-state index in [2.05, 4.69) is 49.4 Å². The molecule has 1 N–H and O–H groups in total. The van der Waals surface area contributed by atoms with E-state index < -0.39 is 0 Å². The summed E-state index contributed by atoms with van der Waals surface area (Å²) in [6.07, 6.45) is 4.95. The fraction of sp³-hybridized carbons (Fsp3) is 0.250. The van der Waals surface area contributed by atoms with Gasteiger partial charge in [-0.3, -0.25) is 4.79 Å². The van der Waals surface area contributed by atoms with Crippen molar-refractivity contribution < 1.29 is 4.79 Å². The Labute approximate surface area is 195 Å². The van der Waals surface area contributed by atoms with E-state index in [0.717, 1.165) is 39.9 Å². The van der Waals surface area contributed by atoms with Crippen molar-refractivity contribution in [2.45, 2.75) is 30.8 Å². The molecule has 0 unspecified atom stereocenters. The number of nitrogens with zero attached hydrogens (tertiary/aromatic N) is 4. The molecule has 4 aromatic rings. The van der Waals surface area contributed by atoms with Crippen LogP contribution in [-0.2, 0) is 24.2 Å². The van der Waals surface area contributed by atoms with Crippen molar-refractivity contribution in [3.05, 3.63) is 71.5 Å². The maximum absolute atomic E-state index is 12.5. The average Bonchev–Trinajstić information content (AvgIpc) is 3.45. The predicted molar refractivity (Wildman–Crippen MR) is 132 cm³/mol. The molecule has 0 fully saturated rings. The van der Waals surface area contributed by atoms with Crippen molar-refractivity contribution in [1.82, 2.24) is 15.0 Å². The number of thioether (sulfide) groups is 1. The minimum atomic E-state index is -0.0364. The molecule has 0 radical (unpaired) electrons. The summed E-state index contributed by atoms with van der Waals surface area (Å²) in [6.45, 7) is 0.764. The zero-order valence-corrected chi connectivity index (χ0v) is 19.4. The van der Waals surface area contributed by atoms with Gasteiger partial charge in [0.2, 0.25) is 5.91 Å². The first-order valence-electron chi connectivity index (χ1n) is 10.6. The summed E-state index contributed by atoms with van der Waals surface area (Å²) in [5, 5.41) is 4.69. The van der Waals surface area contributed by atoms with Crippen LogP contribution in [0.2, 0.25) is 0 Å². The Morgan fingerprint density at radius 3 is 2.84 bits per heavy atom. The largest absolute Gasteiger partial charge is 0.347 e. The molecule has 2 aromatic heterocycles. The summed E-state index contributed by atoms with van der Waals surface area (Å²) in [4.78, 5) is 28.1. The Kier molecular flexibility index (Phi) is 6.05. The van der Waals surface area contributed by atoms with Crippen LogP contribution in [0.1, 0.15) is 23.1 Å². The molecule has 0 saturated carbocycles. The third-order valence-electron chi connectivity index (χ3n) is 5.46. The number of aromatic nitrogens is 3. The first-order valence-corrected chi connectivity index (χ1v) is 12.4. The van der Waals surface area contributed by atoms with Gasteiger partial charge in [-0.1, -0.05) is 59.5 Å². The van der Waals surface area contributed by atoms with Gasteiger partial charge >= 0.3 is 0 Å². The number of rotatable bonds is 7. The highest BCUT2D eigenvalue weighted by Crippen LogP contribution is 2.34. The van der Waals surface area contributed by atoms with Crippen LogP contribution in [0.3, 0.4) is 0 Å². The van der Waals surface area contributed by atoms with Gasteiger partial charge in [0.05, 0.1) is 5.75 Å². The predicted octanol–water partition coefficient (Wildman–Crippen LogP) is 4.94. The lowest BCUT2D eigenvalue weighted by molar-refractivity contribution is -0.113. The minimum Gasteiger partial charge on any atom is -0.347 e. The molecule has 0 atom stereocenters. The zero-order chi connectivity index (χ0) is 21.9. The second-order valence-electron chi connectivity index (χ2n) is 7.84. The van der Waals surface area contributed by atoms with Gasteiger partial charge in [-0.05, 0) is 48.1 Å². The van der Waals surface area contributed by atoms with Gasteiger partial charge in [-0.25, -0.2) is 9.97 Å². The van der Waals surface area contributed by atoms with Crippen LogP contribution in [-0.4, -0.2) is 33.7 Å². The van der Waals surface area contributed by atoms with Crippen molar-refractivity contribution in [1.29, 1.82) is 0 Å². The average molecular weight is 462 g/mol. The molecule has 8 heteroatoms. The number of anilines is 2. The lowest BCUT2D eigenvalue weighted by Gasteiger charge is -2.15. The number of nitrogens with one attached hydrogen (secondary N) is 1. The molecule has 2 heterocycles. The topological polar surface area (TPSA) is 71.0 Å². The minimum absolute atomic E-state index is 0.0364. The highest BCUT2D eigenvalue weighted by atomic mass is 32.2. The molecule has 162 valence electrons. The Morgan fingerprint density at radius 1 is 1.12 bits per heavy atom. The van der Waals surface area contributed by atoms with E-state index in [1.54, 1.807) is 11.3 Å². The molecule has 0 bridgehead atoms. The maximum Gasteiger partial charge on any atom is 0.234 e. The van der Waals surface area contributed by atoms with E-state index in [9.17, 15) is 4.79 Å². The van der Waals surface area contributed by atoms with Crippen molar-refractivity contribution in [2.24, 2.45) is 0 Å². The first-order chi connectivity index (χ1) is 15.7. The van der Waals surface area contributed by atoms with Crippen LogP contribution in [0, 0.1) is 0 Å². The quantitative estimate of drug-likeness (QED) is 0.310. The standard InChI is InChI=1S/C24H23N5OS2/c1-29(13-16-6-3-2-4-7-16)24-28-22-21(32-24)23(26-15-25-22)31-14-20(30)27-19-11-10-17-8-5-9-18(17)12-19/h2-4,6-7,10-12,15H,5,8-9,13-14H2,1H3,(H,27,30). The van der Waals surface area contributed by atoms with E-state index in [-0.39, 0.29) is 11.7 Å². The summed E-state index contributed by atoms with van der Waals surface area (Å²) < 4.78 is 0.915. The van der Waals surface area contributed by atoms with Crippen LogP contribution in [0.5, 0.6) is 0 Å². The van der Waals surface area contributed by atoms with Gasteiger partial charge in [-0.15, -0.1) is 0 Å². The van der Waals surface area contributed by atoms with Crippen LogP contribution in [0.15, 0.2) is 59.9 Å². The fourth-order valence-electron chi connectivity index (χ4n) is 3.89. The van der Waals surface area contributed by atoms with Crippen LogP contribution in [0.4, 0.5) is 10.8 Å². The smallest absolute Gasteiger partial charge is 0.234 e. The van der Waals surface area contributed by atoms with Crippen molar-refractivity contribution in [2.75, 3.05) is 23.0 Å². The van der Waals surface area contributed by atoms with E-state index in [0.29, 0.717) is 5.65 Å². The van der Waals surface area contributed by atoms with Crippen LogP contribution in [0.25, 0.3) is 10.3 Å². The number of thiazole rings is 1. The van der Waals surface area contributed by atoms with E-state index in [1.807, 2.05) is 31.3 Å². The molecule has 2 aromatic carbocycles. The SMILES string of the molecule is CN(Cc1ccccc1)c1nc2ncnc(SCC(=O)Nc3ccc4c(c3)CCC4)c2s1. The molecular formula is C24H23N5OS2. The number of fused-ring (bicyclic) bond motifs is 2. The van der Waals surface area contributed by atoms with E-state index in [1.165, 1.54) is 41.2 Å². The highest BCUT2D eigenvalue weighted by molar-refractivity contribution is 8.00. The number of hydrogen-bond donors (Lipinski definition) is 1. The highest BCUT2D eigenvalue weighted by Gasteiger charge is 2.16. The number of carbonyl (C=O) groups is 1. The van der Waals surface area contributed by atoms with Crippen molar-refractivity contribution in [3.63, 3.8) is 0 Å². The molecule has 0 spiro atoms. The molecule has 0 aliphatic heterocycles. The third-order valence-corrected chi connectivity index (χ3v) is 7.74. The Balaban J connectivity index is 1.25. The molecule has 0 saturated heterocycles. The Bertz CT molecular complexity index is 1260. The number of amides is 1. The van der Waals surface area contributed by atoms with E-state index >= 15 is 0 Å². The summed E-state index contributed by atoms with van der Waals surface area (Å²) in [5.41, 5.74) is 5.51. The summed E-state index contributed by atoms with van der Waals surface area (Å²) in [5.74, 6) is 0.252. The van der Waals surface area contributed by atoms with Gasteiger partial charge < -0.3 is 10.2 Å². The summed E-state index contributed by atoms with van der Waals surface area (Å²) in [6, 6.07) is 16.5. The fourth-order valence-corrected chi connectivity index (χ4v) is 5.74. The Hall–Kier alpha value is -2.97. The van der Waals surface area contributed by atoms with Crippen molar-refractivity contribution >= 4 is 50.2 Å². The number of benzene rings is 2. The summed E-state index contributed by atoms with van der Waals surface area (Å²) >= 11 is 2.98. The molecule has 1 amide bonds. The lowest BCUT2D eigenvalue weighted by Crippen LogP contribution is -2.15. The zero-order valence-electron chi connectivity index (χ0n) is 17.7. The molecule has 32 heavy (non-hydrogen) atoms. The van der Waals surface area contributed by atoms with Gasteiger partial charge in [-0.2, -0.15) is 4.98 Å². The van der Waals surface area contributed by atoms with Crippen molar-refractivity contribution in [3.8, 4) is 0 Å². The third kappa shape index (κ3) is 4.61. The lowest BCUT2D eigenvalue weighted by atomic mass is 10.1. The Morgan fingerprint density at radius 2 is 1.97 bits per heavy atom. The molecule has 1 aliphatic carbocycles. The summed E-state index contributed by atoms with van der Waals surface area (Å²) in [7, 11) is 2.02. The number of carbonyl (C=O) groups excluding carboxylic acids is 1. The maximum atomic E-state index is 12.5. The first kappa shape index (κ1) is 20.9. The van der Waals surface area contributed by atoms with Gasteiger partial charge in [0, 0.05) is 19.3 Å².